The zero-order valence-electron chi connectivity index (χ0n) is 17.7. The average Bonchev–Trinajstić information content (AvgIpc) is 2.72. The number of nitro benzene ring substituents is 1. The van der Waals surface area contributed by atoms with E-state index in [1.165, 1.54) is 12.1 Å². The number of carbonyl (C=O) groups is 1. The number of anilines is 1. The molecule has 0 saturated carbocycles. The molecule has 210 valence electrons. The third-order valence-corrected chi connectivity index (χ3v) is 7.60. The van der Waals surface area contributed by atoms with Gasteiger partial charge in [-0.1, -0.05) is 12.1 Å². The number of rotatable bonds is 9. The monoisotopic (exact) mass is 620 g/mol. The third kappa shape index (κ3) is 7.43. The second kappa shape index (κ2) is 10.8. The summed E-state index contributed by atoms with van der Waals surface area (Å²) in [7, 11) is -5.02. The molecule has 0 aliphatic rings. The van der Waals surface area contributed by atoms with E-state index in [4.69, 9.17) is 0 Å². The maximum atomic E-state index is 13.6. The predicted molar refractivity (Wildman–Crippen MR) is 114 cm³/mol. The number of carbonyl (C=O) groups excluding carboxylic acids is 1. The minimum absolute atomic E-state index is 0.00884. The second-order valence-corrected chi connectivity index (χ2v) is 11.2. The molecule has 0 atom stereocenters. The molecule has 1 N–H and O–H groups in total. The number of para-hydroxylation sites is 1. The summed E-state index contributed by atoms with van der Waals surface area (Å²) in [5.74, 6) is -9.64. The van der Waals surface area contributed by atoms with Crippen LogP contribution in [0.2, 0.25) is 0 Å². The highest BCUT2D eigenvalue weighted by molar-refractivity contribution is 8.00. The summed E-state index contributed by atoms with van der Waals surface area (Å²) < 4.78 is 154. The van der Waals surface area contributed by atoms with Crippen molar-refractivity contribution < 1.29 is 62.0 Å². The molecule has 2 rings (SSSR count). The highest BCUT2D eigenvalue weighted by atomic mass is 32.2. The number of hydrogen-bond acceptors (Lipinski definition) is 7. The van der Waals surface area contributed by atoms with Crippen LogP contribution in [0.25, 0.3) is 0 Å². The number of nitro groups is 1. The van der Waals surface area contributed by atoms with Gasteiger partial charge in [0, 0.05) is 15.9 Å². The zero-order valence-corrected chi connectivity index (χ0v) is 20.2. The van der Waals surface area contributed by atoms with Gasteiger partial charge in [0.1, 0.15) is 10.6 Å². The minimum Gasteiger partial charge on any atom is -0.324 e. The van der Waals surface area contributed by atoms with Gasteiger partial charge < -0.3 is 5.32 Å². The summed E-state index contributed by atoms with van der Waals surface area (Å²) in [6.45, 7) is 0. The van der Waals surface area contributed by atoms with Crippen LogP contribution < -0.4 is 5.32 Å². The fourth-order valence-corrected chi connectivity index (χ4v) is 5.34. The Morgan fingerprint density at radius 2 is 1.50 bits per heavy atom. The maximum Gasteiger partial charge on any atom is 0.460 e. The number of amides is 1. The Bertz CT molecular complexity index is 1330. The molecule has 2 aromatic carbocycles. The van der Waals surface area contributed by atoms with Gasteiger partial charge in [0.15, 0.2) is 9.84 Å². The molecule has 0 unspecified atom stereocenters. The van der Waals surface area contributed by atoms with Gasteiger partial charge in [0.25, 0.3) is 5.69 Å². The molecule has 7 nitrogen and oxygen atoms in total. The fraction of sp³-hybridized carbons (Fsp3) is 0.278. The molecule has 0 saturated heterocycles. The Morgan fingerprint density at radius 1 is 0.921 bits per heavy atom. The predicted octanol–water partition coefficient (Wildman–Crippen LogP) is 6.50. The van der Waals surface area contributed by atoms with E-state index in [0.717, 1.165) is 12.1 Å². The number of nitrogens with zero attached hydrogens (tertiary/aromatic N) is 1. The molecular formula is C18H10F10N2O5S3. The minimum atomic E-state index is -6.69. The third-order valence-electron chi connectivity index (χ3n) is 4.14. The van der Waals surface area contributed by atoms with E-state index in [-0.39, 0.29) is 18.2 Å². The van der Waals surface area contributed by atoms with Crippen LogP contribution in [-0.4, -0.2) is 47.9 Å². The van der Waals surface area contributed by atoms with Crippen molar-refractivity contribution in [2.75, 3.05) is 11.1 Å². The van der Waals surface area contributed by atoms with Crippen LogP contribution >= 0.6 is 23.5 Å². The normalized spacial score (nSPS) is 13.3. The van der Waals surface area contributed by atoms with Crippen LogP contribution in [0.3, 0.4) is 0 Å². The first kappa shape index (κ1) is 31.5. The second-order valence-electron chi connectivity index (χ2n) is 6.93. The lowest BCUT2D eigenvalue weighted by atomic mass is 10.3. The number of sulfone groups is 1. The molecule has 0 fully saturated rings. The summed E-state index contributed by atoms with van der Waals surface area (Å²) in [5, 5.41) is 7.32. The van der Waals surface area contributed by atoms with Crippen molar-refractivity contribution in [3.05, 3.63) is 52.6 Å². The Balaban J connectivity index is 2.34. The summed E-state index contributed by atoms with van der Waals surface area (Å²) >= 11 is -2.07. The molecule has 0 aliphatic heterocycles. The molecule has 0 heterocycles. The van der Waals surface area contributed by atoms with Gasteiger partial charge in [0.05, 0.1) is 10.6 Å². The molecule has 38 heavy (non-hydrogen) atoms. The lowest BCUT2D eigenvalue weighted by Crippen LogP contribution is -2.49. The van der Waals surface area contributed by atoms with Gasteiger partial charge in [-0.3, -0.25) is 14.9 Å². The topological polar surface area (TPSA) is 106 Å². The smallest absolute Gasteiger partial charge is 0.324 e. The Kier molecular flexibility index (Phi) is 8.94. The summed E-state index contributed by atoms with van der Waals surface area (Å²) in [6.07, 6.45) is -6.69. The van der Waals surface area contributed by atoms with Gasteiger partial charge in [-0.2, -0.15) is 43.9 Å². The van der Waals surface area contributed by atoms with E-state index in [1.807, 2.05) is 5.32 Å². The summed E-state index contributed by atoms with van der Waals surface area (Å²) in [4.78, 5) is 19.0. The Morgan fingerprint density at radius 3 is 2.03 bits per heavy atom. The molecule has 1 amide bonds. The quantitative estimate of drug-likeness (QED) is 0.148. The lowest BCUT2D eigenvalue weighted by molar-refractivity contribution is -0.388. The van der Waals surface area contributed by atoms with Crippen molar-refractivity contribution in [3.8, 4) is 0 Å². The fourth-order valence-electron chi connectivity index (χ4n) is 2.56. The molecule has 0 spiro atoms. The highest BCUT2D eigenvalue weighted by Crippen LogP contribution is 2.54. The number of hydrogen-bond donors (Lipinski definition) is 1. The first-order chi connectivity index (χ1) is 17.1. The van der Waals surface area contributed by atoms with E-state index in [0.29, 0.717) is 0 Å². The van der Waals surface area contributed by atoms with Crippen molar-refractivity contribution in [2.24, 2.45) is 0 Å². The van der Waals surface area contributed by atoms with Crippen molar-refractivity contribution >= 4 is 50.6 Å². The van der Waals surface area contributed by atoms with Crippen LogP contribution in [-0.2, 0) is 14.6 Å². The van der Waals surface area contributed by atoms with Crippen molar-refractivity contribution in [2.45, 2.75) is 37.5 Å². The zero-order chi connectivity index (χ0) is 29.3. The van der Waals surface area contributed by atoms with Gasteiger partial charge >= 0.3 is 22.9 Å². The van der Waals surface area contributed by atoms with Crippen LogP contribution in [0.1, 0.15) is 0 Å². The van der Waals surface area contributed by atoms with Crippen LogP contribution in [0.4, 0.5) is 55.3 Å². The molecule has 0 aromatic heterocycles. The van der Waals surface area contributed by atoms with Gasteiger partial charge in [-0.05, 0) is 47.8 Å². The van der Waals surface area contributed by atoms with Crippen molar-refractivity contribution in [1.82, 2.24) is 0 Å². The molecular weight excluding hydrogens is 610 g/mol. The SMILES string of the molecule is O=C(CS(=O)(=O)c1ccc(SC(F)(F)C(F)(F)C(F)(F)F)cc1[N+](=O)[O-])Nc1ccccc1SC(F)(F)F. The molecule has 0 aliphatic carbocycles. The molecule has 2 aromatic rings. The van der Waals surface area contributed by atoms with E-state index < -0.39 is 98.9 Å². The number of benzene rings is 2. The summed E-state index contributed by atoms with van der Waals surface area (Å²) in [6, 6.07) is 4.81. The van der Waals surface area contributed by atoms with E-state index >= 15 is 0 Å². The summed E-state index contributed by atoms with van der Waals surface area (Å²) in [5.41, 5.74) is -6.79. The maximum absolute atomic E-state index is 13.6. The first-order valence-corrected chi connectivity index (χ1v) is 12.5. The van der Waals surface area contributed by atoms with E-state index in [1.54, 1.807) is 0 Å². The molecule has 20 heteroatoms. The lowest BCUT2D eigenvalue weighted by Gasteiger charge is -2.27. The first-order valence-electron chi connectivity index (χ1n) is 9.24. The van der Waals surface area contributed by atoms with Gasteiger partial charge in [0.2, 0.25) is 5.91 Å². The largest absolute Gasteiger partial charge is 0.460 e. The number of nitrogens with one attached hydrogen (secondary N) is 1. The highest BCUT2D eigenvalue weighted by Gasteiger charge is 2.73. The van der Waals surface area contributed by atoms with E-state index in [2.05, 4.69) is 0 Å². The number of alkyl halides is 10. The average molecular weight is 620 g/mol. The van der Waals surface area contributed by atoms with Gasteiger partial charge in [-0.15, -0.1) is 0 Å². The Hall–Kier alpha value is -2.74. The standard InChI is InChI=1S/C18H10F10N2O5S3/c19-15(20,16(21,22)23)17(24,25)36-9-5-6-13(11(7-9)30(32)33)38(34,35)8-14(31)29-10-3-1-2-4-12(10)37-18(26,27)28/h1-7H,8H2,(H,29,31). The van der Waals surface area contributed by atoms with Crippen LogP contribution in [0.5, 0.6) is 0 Å². The number of thioether (sulfide) groups is 2. The molecule has 0 bridgehead atoms. The number of halogens is 10. The van der Waals surface area contributed by atoms with Crippen LogP contribution in [0, 0.1) is 10.1 Å². The van der Waals surface area contributed by atoms with Crippen LogP contribution in [0.15, 0.2) is 57.2 Å². The van der Waals surface area contributed by atoms with Gasteiger partial charge in [-0.25, -0.2) is 8.42 Å². The van der Waals surface area contributed by atoms with E-state index in [9.17, 15) is 67.2 Å². The molecule has 0 radical (unpaired) electrons. The van der Waals surface area contributed by atoms with Crippen molar-refractivity contribution in [1.29, 1.82) is 0 Å². The van der Waals surface area contributed by atoms with Crippen molar-refractivity contribution in [3.63, 3.8) is 0 Å². The Labute approximate surface area is 214 Å².